The van der Waals surface area contributed by atoms with Crippen LogP contribution in [0, 0.1) is 0 Å². The van der Waals surface area contributed by atoms with Crippen molar-refractivity contribution < 1.29 is 32.5 Å². The lowest BCUT2D eigenvalue weighted by atomic mass is 10.0. The first-order valence-corrected chi connectivity index (χ1v) is 10.9. The molecule has 3 N–H and O–H groups in total. The van der Waals surface area contributed by atoms with Gasteiger partial charge in [0.2, 0.25) is 5.91 Å². The molecule has 0 radical (unpaired) electrons. The molecular weight excluding hydrogens is 428 g/mol. The molecule has 0 saturated carbocycles. The maximum Gasteiger partial charge on any atom is 0.353 e. The van der Waals surface area contributed by atoms with E-state index < -0.39 is 44.6 Å². The van der Waals surface area contributed by atoms with Gasteiger partial charge < -0.3 is 10.4 Å². The molecule has 0 aromatic carbocycles. The largest absolute Gasteiger partial charge is 0.477 e. The maximum atomic E-state index is 12.4. The number of hydrogen-bond donors (Lipinski definition) is 3. The minimum atomic E-state index is -4.76. The van der Waals surface area contributed by atoms with E-state index >= 15 is 0 Å². The first-order valence-electron chi connectivity index (χ1n) is 6.98. The second-order valence-electron chi connectivity index (χ2n) is 5.41. The fourth-order valence-corrected chi connectivity index (χ4v) is 5.85. The number of fused-ring (bicyclic) bond motifs is 1. The van der Waals surface area contributed by atoms with Crippen LogP contribution in [0.5, 0.6) is 0 Å². The summed E-state index contributed by atoms with van der Waals surface area (Å²) in [5.41, 5.74) is -0.279. The number of nitrogens with one attached hydrogen (secondary N) is 1. The van der Waals surface area contributed by atoms with E-state index in [0.29, 0.717) is 0 Å². The summed E-state index contributed by atoms with van der Waals surface area (Å²) in [6, 6.07) is 0.257. The highest BCUT2D eigenvalue weighted by Crippen LogP contribution is 2.41. The second-order valence-corrected chi connectivity index (χ2v) is 9.25. The second kappa shape index (κ2) is 6.85. The topological polar surface area (TPSA) is 141 Å². The van der Waals surface area contributed by atoms with E-state index in [1.165, 1.54) is 11.4 Å². The molecule has 2 aliphatic heterocycles. The lowest BCUT2D eigenvalue weighted by molar-refractivity contribution is -0.150. The summed E-state index contributed by atoms with van der Waals surface area (Å²) in [5, 5.41) is 11.8. The van der Waals surface area contributed by atoms with Crippen molar-refractivity contribution in [1.82, 2.24) is 10.2 Å². The molecule has 2 amide bonds. The summed E-state index contributed by atoms with van der Waals surface area (Å²) in [4.78, 5) is 36.9. The molecular formula is C13H11ClN2O7S3. The van der Waals surface area contributed by atoms with E-state index in [4.69, 9.17) is 11.6 Å². The van der Waals surface area contributed by atoms with Gasteiger partial charge in [0.05, 0.1) is 5.03 Å². The van der Waals surface area contributed by atoms with Gasteiger partial charge >= 0.3 is 5.97 Å². The molecule has 3 heterocycles. The summed E-state index contributed by atoms with van der Waals surface area (Å²) < 4.78 is 32.6. The van der Waals surface area contributed by atoms with Gasteiger partial charge in [-0.2, -0.15) is 19.8 Å². The molecule has 140 valence electrons. The Morgan fingerprint density at radius 2 is 2.12 bits per heavy atom. The van der Waals surface area contributed by atoms with Crippen LogP contribution in [-0.2, 0) is 24.5 Å². The summed E-state index contributed by atoms with van der Waals surface area (Å²) in [5.74, 6) is -3.02. The first kappa shape index (κ1) is 19.2. The van der Waals surface area contributed by atoms with Gasteiger partial charge in [0.25, 0.3) is 16.0 Å². The standard InChI is InChI=1S/C13H11ClN2O7S3/c14-6-4-25-12-7(11(18)16(12)8(6)13(19)20)15-10(17)9(26(21,22)23)5-1-2-24-3-5/h1-3,7,9,12H,4H2,(H,15,17)(H,19,20)(H,21,22,23)/t7?,9?,12-/m0/s1. The molecule has 1 saturated heterocycles. The highest BCUT2D eigenvalue weighted by molar-refractivity contribution is 8.00. The Morgan fingerprint density at radius 1 is 1.42 bits per heavy atom. The van der Waals surface area contributed by atoms with Crippen LogP contribution in [0.1, 0.15) is 10.8 Å². The quantitative estimate of drug-likeness (QED) is 0.448. The number of β-lactam (4-membered cyclic amide) rings is 1. The van der Waals surface area contributed by atoms with Crippen molar-refractivity contribution in [3.05, 3.63) is 33.1 Å². The van der Waals surface area contributed by atoms with Gasteiger partial charge in [0.15, 0.2) is 5.25 Å². The molecule has 3 rings (SSSR count). The number of amides is 2. The Labute approximate surface area is 160 Å². The number of carboxylic acids is 1. The van der Waals surface area contributed by atoms with E-state index in [9.17, 15) is 32.5 Å². The zero-order chi connectivity index (χ0) is 19.2. The van der Waals surface area contributed by atoms with E-state index in [1.54, 1.807) is 5.38 Å². The van der Waals surface area contributed by atoms with Gasteiger partial charge in [0.1, 0.15) is 17.1 Å². The van der Waals surface area contributed by atoms with Gasteiger partial charge in [-0.15, -0.1) is 11.8 Å². The molecule has 13 heteroatoms. The predicted molar refractivity (Wildman–Crippen MR) is 94.1 cm³/mol. The number of nitrogens with zero attached hydrogens (tertiary/aromatic N) is 1. The zero-order valence-electron chi connectivity index (χ0n) is 12.7. The van der Waals surface area contributed by atoms with E-state index in [2.05, 4.69) is 5.32 Å². The third kappa shape index (κ3) is 3.22. The Morgan fingerprint density at radius 3 is 2.65 bits per heavy atom. The van der Waals surface area contributed by atoms with Gasteiger partial charge in [-0.25, -0.2) is 4.79 Å². The normalized spacial score (nSPS) is 23.9. The minimum Gasteiger partial charge on any atom is -0.477 e. The van der Waals surface area contributed by atoms with Crippen LogP contribution in [-0.4, -0.2) is 57.9 Å². The SMILES string of the molecule is O=C(O)C1=C(Cl)CS[C@H]2C(NC(=O)C(c3ccsc3)S(=O)(=O)O)C(=O)N12. The van der Waals surface area contributed by atoms with Crippen LogP contribution < -0.4 is 5.32 Å². The molecule has 0 aliphatic carbocycles. The van der Waals surface area contributed by atoms with Crippen molar-refractivity contribution >= 4 is 62.6 Å². The number of rotatable bonds is 5. The van der Waals surface area contributed by atoms with Gasteiger partial charge in [-0.3, -0.25) is 19.0 Å². The third-order valence-corrected chi connectivity index (χ3v) is 7.34. The number of halogens is 1. The maximum absolute atomic E-state index is 12.4. The van der Waals surface area contributed by atoms with Crippen LogP contribution in [0.4, 0.5) is 0 Å². The Hall–Kier alpha value is -1.60. The third-order valence-electron chi connectivity index (χ3n) is 3.80. The first-order chi connectivity index (χ1) is 12.1. The molecule has 1 aromatic rings. The Kier molecular flexibility index (Phi) is 5.05. The van der Waals surface area contributed by atoms with Gasteiger partial charge in [-0.1, -0.05) is 11.6 Å². The van der Waals surface area contributed by atoms with Gasteiger partial charge in [-0.05, 0) is 22.4 Å². The van der Waals surface area contributed by atoms with E-state index in [0.717, 1.165) is 28.0 Å². The monoisotopic (exact) mass is 438 g/mol. The highest BCUT2D eigenvalue weighted by Gasteiger charge is 2.55. The average Bonchev–Trinajstić information content (AvgIpc) is 3.04. The number of thiophene rings is 1. The minimum absolute atomic E-state index is 0.00552. The number of thioether (sulfide) groups is 1. The van der Waals surface area contributed by atoms with Crippen molar-refractivity contribution in [3.63, 3.8) is 0 Å². The van der Waals surface area contributed by atoms with Crippen molar-refractivity contribution in [2.24, 2.45) is 0 Å². The fourth-order valence-electron chi connectivity index (χ4n) is 2.69. The predicted octanol–water partition coefficient (Wildman–Crippen LogP) is 0.612. The smallest absolute Gasteiger partial charge is 0.353 e. The van der Waals surface area contributed by atoms with Crippen molar-refractivity contribution in [2.75, 3.05) is 5.75 Å². The lowest BCUT2D eigenvalue weighted by Gasteiger charge is -2.48. The fraction of sp³-hybridized carbons (Fsp3) is 0.308. The number of carboxylic acid groups (broad SMARTS) is 1. The average molecular weight is 439 g/mol. The van der Waals surface area contributed by atoms with Crippen LogP contribution in [0.25, 0.3) is 0 Å². The van der Waals surface area contributed by atoms with E-state index in [1.807, 2.05) is 0 Å². The molecule has 3 atom stereocenters. The number of hydrogen-bond acceptors (Lipinski definition) is 7. The Balaban J connectivity index is 1.81. The summed E-state index contributed by atoms with van der Waals surface area (Å²) in [6.07, 6.45) is 0. The number of carbonyl (C=O) groups is 3. The van der Waals surface area contributed by atoms with E-state index in [-0.39, 0.29) is 22.0 Å². The Bertz CT molecular complexity index is 912. The molecule has 1 fully saturated rings. The van der Waals surface area contributed by atoms with Crippen molar-refractivity contribution in [1.29, 1.82) is 0 Å². The molecule has 0 bridgehead atoms. The summed E-state index contributed by atoms with van der Waals surface area (Å²) >= 11 is 8.14. The van der Waals surface area contributed by atoms with Crippen LogP contribution in [0.2, 0.25) is 0 Å². The zero-order valence-corrected chi connectivity index (χ0v) is 15.9. The summed E-state index contributed by atoms with van der Waals surface area (Å²) in [7, 11) is -4.76. The molecule has 9 nitrogen and oxygen atoms in total. The van der Waals surface area contributed by atoms with Crippen molar-refractivity contribution in [3.8, 4) is 0 Å². The van der Waals surface area contributed by atoms with Crippen LogP contribution in [0.3, 0.4) is 0 Å². The molecule has 2 unspecified atom stereocenters. The van der Waals surface area contributed by atoms with Crippen LogP contribution in [0.15, 0.2) is 27.6 Å². The summed E-state index contributed by atoms with van der Waals surface area (Å²) in [6.45, 7) is 0. The van der Waals surface area contributed by atoms with Crippen molar-refractivity contribution in [2.45, 2.75) is 16.7 Å². The lowest BCUT2D eigenvalue weighted by Crippen LogP contribution is -2.70. The number of carbonyl (C=O) groups excluding carboxylic acids is 2. The molecule has 0 spiro atoms. The molecule has 26 heavy (non-hydrogen) atoms. The highest BCUT2D eigenvalue weighted by atomic mass is 35.5. The number of aliphatic carboxylic acids is 1. The molecule has 2 aliphatic rings. The van der Waals surface area contributed by atoms with Gasteiger partial charge in [0, 0.05) is 5.75 Å². The molecule has 1 aromatic heterocycles. The van der Waals surface area contributed by atoms with Crippen LogP contribution >= 0.6 is 34.7 Å².